The molecular weight excluding hydrogens is 267 g/mol. The Morgan fingerprint density at radius 1 is 1.25 bits per heavy atom. The van der Waals surface area contributed by atoms with Crippen molar-refractivity contribution in [3.05, 3.63) is 29.8 Å². The third kappa shape index (κ3) is 2.41. The van der Waals surface area contributed by atoms with Gasteiger partial charge in [-0.25, -0.2) is 0 Å². The molecule has 0 heterocycles. The zero-order valence-corrected chi connectivity index (χ0v) is 8.52. The molecule has 0 amide bonds. The molecule has 0 aliphatic heterocycles. The van der Waals surface area contributed by atoms with E-state index in [1.807, 2.05) is 12.2 Å². The molecule has 0 spiro atoms. The second kappa shape index (κ2) is 4.35. The Hall–Kier alpha value is -0.710. The smallest absolute Gasteiger partial charge is 0.157 e. The van der Waals surface area contributed by atoms with E-state index in [1.165, 1.54) is 12.1 Å². The number of allylic oxidation sites excluding steroid dienone is 1. The minimum Gasteiger partial charge on any atom is -0.504 e. The molecule has 0 aliphatic carbocycles. The molecule has 0 aliphatic rings. The standard InChI is InChI=1S/C9H9IO2/c10-5-1-2-7-3-4-8(11)9(12)6-7/h1-4,6,11-12H,5H2/b2-1+. The van der Waals surface area contributed by atoms with Crippen molar-refractivity contribution in [1.82, 2.24) is 0 Å². The van der Waals surface area contributed by atoms with Gasteiger partial charge in [0.2, 0.25) is 0 Å². The molecular formula is C9H9IO2. The summed E-state index contributed by atoms with van der Waals surface area (Å²) in [5.41, 5.74) is 0.891. The average molecular weight is 276 g/mol. The molecule has 0 unspecified atom stereocenters. The van der Waals surface area contributed by atoms with E-state index in [1.54, 1.807) is 6.07 Å². The van der Waals surface area contributed by atoms with Gasteiger partial charge in [-0.1, -0.05) is 40.8 Å². The zero-order chi connectivity index (χ0) is 8.97. The van der Waals surface area contributed by atoms with Crippen molar-refractivity contribution in [2.75, 3.05) is 4.43 Å². The number of alkyl halides is 1. The van der Waals surface area contributed by atoms with Gasteiger partial charge < -0.3 is 10.2 Å². The fourth-order valence-electron chi connectivity index (χ4n) is 0.825. The summed E-state index contributed by atoms with van der Waals surface area (Å²) in [6.07, 6.45) is 3.87. The lowest BCUT2D eigenvalue weighted by molar-refractivity contribution is 0.403. The maximum Gasteiger partial charge on any atom is 0.157 e. The number of hydrogen-bond acceptors (Lipinski definition) is 2. The lowest BCUT2D eigenvalue weighted by atomic mass is 10.2. The third-order valence-electron chi connectivity index (χ3n) is 1.40. The predicted molar refractivity (Wildman–Crippen MR) is 57.7 cm³/mol. The normalized spacial score (nSPS) is 10.8. The van der Waals surface area contributed by atoms with Crippen LogP contribution in [0.4, 0.5) is 0 Å². The molecule has 1 aromatic carbocycles. The van der Waals surface area contributed by atoms with Gasteiger partial charge >= 0.3 is 0 Å². The van der Waals surface area contributed by atoms with Crippen molar-refractivity contribution in [2.45, 2.75) is 0 Å². The molecule has 2 N–H and O–H groups in total. The summed E-state index contributed by atoms with van der Waals surface area (Å²) in [4.78, 5) is 0. The number of aromatic hydroxyl groups is 2. The van der Waals surface area contributed by atoms with Gasteiger partial charge in [-0.3, -0.25) is 0 Å². The van der Waals surface area contributed by atoms with Crippen LogP contribution >= 0.6 is 22.6 Å². The van der Waals surface area contributed by atoms with Crippen LogP contribution in [0.25, 0.3) is 6.08 Å². The SMILES string of the molecule is Oc1ccc(/C=C/CI)cc1O. The van der Waals surface area contributed by atoms with Crippen molar-refractivity contribution in [2.24, 2.45) is 0 Å². The van der Waals surface area contributed by atoms with E-state index in [0.29, 0.717) is 0 Å². The number of rotatable bonds is 2. The molecule has 0 atom stereocenters. The lowest BCUT2D eigenvalue weighted by Crippen LogP contribution is -1.73. The number of halogens is 1. The first-order valence-corrected chi connectivity index (χ1v) is 5.01. The first kappa shape index (κ1) is 9.38. The molecule has 12 heavy (non-hydrogen) atoms. The van der Waals surface area contributed by atoms with E-state index in [9.17, 15) is 0 Å². The van der Waals surface area contributed by atoms with Crippen molar-refractivity contribution >= 4 is 28.7 Å². The second-order valence-electron chi connectivity index (χ2n) is 2.30. The highest BCUT2D eigenvalue weighted by Gasteiger charge is 1.96. The maximum absolute atomic E-state index is 9.11. The fraction of sp³-hybridized carbons (Fsp3) is 0.111. The molecule has 0 bridgehead atoms. The monoisotopic (exact) mass is 276 g/mol. The van der Waals surface area contributed by atoms with Crippen molar-refractivity contribution < 1.29 is 10.2 Å². The lowest BCUT2D eigenvalue weighted by Gasteiger charge is -1.97. The first-order valence-electron chi connectivity index (χ1n) is 3.48. The van der Waals surface area contributed by atoms with E-state index in [-0.39, 0.29) is 11.5 Å². The fourth-order valence-corrected chi connectivity index (χ4v) is 1.08. The second-order valence-corrected chi connectivity index (χ2v) is 3.19. The summed E-state index contributed by atoms with van der Waals surface area (Å²) in [5.74, 6) is -0.160. The molecule has 0 fully saturated rings. The highest BCUT2D eigenvalue weighted by atomic mass is 127. The number of hydrogen-bond donors (Lipinski definition) is 2. The number of phenols is 2. The maximum atomic E-state index is 9.11. The van der Waals surface area contributed by atoms with E-state index in [4.69, 9.17) is 10.2 Å². The third-order valence-corrected chi connectivity index (χ3v) is 1.91. The molecule has 1 rings (SSSR count). The van der Waals surface area contributed by atoms with Crippen LogP contribution in [0.1, 0.15) is 5.56 Å². The van der Waals surface area contributed by atoms with Crippen LogP contribution in [0.3, 0.4) is 0 Å². The van der Waals surface area contributed by atoms with Gasteiger partial charge in [-0.2, -0.15) is 0 Å². The van der Waals surface area contributed by atoms with Crippen molar-refractivity contribution in [3.63, 3.8) is 0 Å². The summed E-state index contributed by atoms with van der Waals surface area (Å²) in [6, 6.07) is 4.75. The van der Waals surface area contributed by atoms with Crippen LogP contribution in [0.15, 0.2) is 24.3 Å². The van der Waals surface area contributed by atoms with Crippen LogP contribution in [0.5, 0.6) is 11.5 Å². The van der Waals surface area contributed by atoms with Gasteiger partial charge in [-0.05, 0) is 17.7 Å². The van der Waals surface area contributed by atoms with Gasteiger partial charge in [0, 0.05) is 4.43 Å². The summed E-state index contributed by atoms with van der Waals surface area (Å²) in [5, 5.41) is 18.1. The van der Waals surface area contributed by atoms with Crippen LogP contribution in [-0.2, 0) is 0 Å². The van der Waals surface area contributed by atoms with Gasteiger partial charge in [0.25, 0.3) is 0 Å². The average Bonchev–Trinajstić information content (AvgIpc) is 2.07. The van der Waals surface area contributed by atoms with E-state index >= 15 is 0 Å². The van der Waals surface area contributed by atoms with Crippen LogP contribution < -0.4 is 0 Å². The Balaban J connectivity index is 2.89. The molecule has 0 saturated heterocycles. The van der Waals surface area contributed by atoms with E-state index in [0.717, 1.165) is 9.99 Å². The predicted octanol–water partition coefficient (Wildman–Crippen LogP) is 2.55. The Morgan fingerprint density at radius 2 is 2.00 bits per heavy atom. The Kier molecular flexibility index (Phi) is 3.40. The Labute approximate surface area is 84.7 Å². The largest absolute Gasteiger partial charge is 0.504 e. The Bertz CT molecular complexity index is 295. The molecule has 0 saturated carbocycles. The van der Waals surface area contributed by atoms with Gasteiger partial charge in [0.15, 0.2) is 11.5 Å². The quantitative estimate of drug-likeness (QED) is 0.495. The molecule has 2 nitrogen and oxygen atoms in total. The Morgan fingerprint density at radius 3 is 2.58 bits per heavy atom. The van der Waals surface area contributed by atoms with Gasteiger partial charge in [0.1, 0.15) is 0 Å². The first-order chi connectivity index (χ1) is 5.74. The molecule has 1 aromatic rings. The van der Waals surface area contributed by atoms with E-state index < -0.39 is 0 Å². The zero-order valence-electron chi connectivity index (χ0n) is 6.37. The number of benzene rings is 1. The molecule has 0 radical (unpaired) electrons. The highest BCUT2D eigenvalue weighted by molar-refractivity contribution is 14.1. The highest BCUT2D eigenvalue weighted by Crippen LogP contribution is 2.25. The van der Waals surface area contributed by atoms with Crippen molar-refractivity contribution in [3.8, 4) is 11.5 Å². The van der Waals surface area contributed by atoms with Gasteiger partial charge in [-0.15, -0.1) is 0 Å². The van der Waals surface area contributed by atoms with Crippen LogP contribution in [-0.4, -0.2) is 14.6 Å². The summed E-state index contributed by atoms with van der Waals surface area (Å²) < 4.78 is 0.930. The van der Waals surface area contributed by atoms with Crippen LogP contribution in [0, 0.1) is 0 Å². The molecule has 0 aromatic heterocycles. The summed E-state index contributed by atoms with van der Waals surface area (Å²) in [7, 11) is 0. The molecule has 64 valence electrons. The summed E-state index contributed by atoms with van der Waals surface area (Å²) >= 11 is 2.23. The van der Waals surface area contributed by atoms with Crippen LogP contribution in [0.2, 0.25) is 0 Å². The molecule has 3 heteroatoms. The van der Waals surface area contributed by atoms with E-state index in [2.05, 4.69) is 22.6 Å². The topological polar surface area (TPSA) is 40.5 Å². The van der Waals surface area contributed by atoms with Gasteiger partial charge in [0.05, 0.1) is 0 Å². The minimum atomic E-state index is -0.0818. The number of phenolic OH excluding ortho intramolecular Hbond substituents is 2. The minimum absolute atomic E-state index is 0.0781. The summed E-state index contributed by atoms with van der Waals surface area (Å²) in [6.45, 7) is 0. The van der Waals surface area contributed by atoms with Crippen molar-refractivity contribution in [1.29, 1.82) is 0 Å².